The van der Waals surface area contributed by atoms with Crippen LogP contribution in [-0.2, 0) is 4.79 Å². The van der Waals surface area contributed by atoms with E-state index in [0.29, 0.717) is 37.6 Å². The molecule has 5 rings (SSSR count). The third-order valence-electron chi connectivity index (χ3n) is 6.26. The number of rotatable bonds is 3. The van der Waals surface area contributed by atoms with Gasteiger partial charge in [0.05, 0.1) is 21.5 Å². The van der Waals surface area contributed by atoms with Crippen LogP contribution in [0.1, 0.15) is 47.2 Å². The quantitative estimate of drug-likeness (QED) is 0.635. The van der Waals surface area contributed by atoms with Crippen LogP contribution in [0, 0.1) is 5.92 Å². The van der Waals surface area contributed by atoms with Crippen molar-refractivity contribution >= 4 is 33.4 Å². The number of hydrogen-bond acceptors (Lipinski definition) is 5. The van der Waals surface area contributed by atoms with Crippen LogP contribution in [-0.4, -0.2) is 52.8 Å². The Labute approximate surface area is 179 Å². The molecule has 2 aliphatic heterocycles. The van der Waals surface area contributed by atoms with Crippen LogP contribution in [0.25, 0.3) is 10.2 Å². The smallest absolute Gasteiger partial charge is 0.289 e. The molecule has 4 heterocycles. The predicted octanol–water partition coefficient (Wildman–Crippen LogP) is 4.15. The molecule has 156 valence electrons. The molecule has 6 nitrogen and oxygen atoms in total. The van der Waals surface area contributed by atoms with E-state index < -0.39 is 0 Å². The van der Waals surface area contributed by atoms with Crippen molar-refractivity contribution in [2.45, 2.75) is 31.6 Å². The molecule has 0 unspecified atom stereocenters. The van der Waals surface area contributed by atoms with Crippen molar-refractivity contribution in [2.75, 3.05) is 26.2 Å². The fraction of sp³-hybridized carbons (Fsp3) is 0.435. The molecule has 0 saturated carbocycles. The first-order valence-corrected chi connectivity index (χ1v) is 11.5. The first-order chi connectivity index (χ1) is 14.7. The van der Waals surface area contributed by atoms with Gasteiger partial charge in [0.1, 0.15) is 0 Å². The number of amides is 2. The topological polar surface area (TPSA) is 66.7 Å². The SMILES string of the molecule is O=C(c1ccco1)N1CCC(C(=O)N2CCC[C@@H](c3nc4ccccc4s3)C2)CC1. The monoisotopic (exact) mass is 423 g/mol. The number of para-hydroxylation sites is 1. The molecule has 1 atom stereocenters. The number of piperidine rings is 2. The minimum atomic E-state index is -0.0835. The lowest BCUT2D eigenvalue weighted by atomic mass is 9.92. The van der Waals surface area contributed by atoms with Gasteiger partial charge in [-0.1, -0.05) is 12.1 Å². The number of furan rings is 1. The highest BCUT2D eigenvalue weighted by Crippen LogP contribution is 2.34. The minimum Gasteiger partial charge on any atom is -0.459 e. The van der Waals surface area contributed by atoms with E-state index >= 15 is 0 Å². The van der Waals surface area contributed by atoms with Gasteiger partial charge in [-0.3, -0.25) is 9.59 Å². The molecule has 2 saturated heterocycles. The van der Waals surface area contributed by atoms with Crippen molar-refractivity contribution in [1.82, 2.24) is 14.8 Å². The summed E-state index contributed by atoms with van der Waals surface area (Å²) >= 11 is 1.75. The summed E-state index contributed by atoms with van der Waals surface area (Å²) in [6.07, 6.45) is 5.05. The van der Waals surface area contributed by atoms with Gasteiger partial charge in [-0.25, -0.2) is 4.98 Å². The van der Waals surface area contributed by atoms with Crippen LogP contribution in [0.4, 0.5) is 0 Å². The number of carbonyl (C=O) groups excluding carboxylic acids is 2. The Kier molecular flexibility index (Phi) is 5.29. The number of carbonyl (C=O) groups is 2. The zero-order valence-corrected chi connectivity index (χ0v) is 17.6. The molecular weight excluding hydrogens is 398 g/mol. The fourth-order valence-electron chi connectivity index (χ4n) is 4.59. The van der Waals surface area contributed by atoms with Crippen LogP contribution >= 0.6 is 11.3 Å². The Morgan fingerprint density at radius 1 is 1.00 bits per heavy atom. The van der Waals surface area contributed by atoms with E-state index in [-0.39, 0.29) is 17.7 Å². The third-order valence-corrected chi connectivity index (χ3v) is 7.45. The highest BCUT2D eigenvalue weighted by Gasteiger charge is 2.34. The average molecular weight is 424 g/mol. The average Bonchev–Trinajstić information content (AvgIpc) is 3.48. The summed E-state index contributed by atoms with van der Waals surface area (Å²) in [6, 6.07) is 11.6. The van der Waals surface area contributed by atoms with Gasteiger partial charge in [-0.2, -0.15) is 0 Å². The van der Waals surface area contributed by atoms with E-state index in [2.05, 4.69) is 12.1 Å². The second-order valence-electron chi connectivity index (χ2n) is 8.19. The van der Waals surface area contributed by atoms with E-state index in [9.17, 15) is 9.59 Å². The normalized spacial score (nSPS) is 20.6. The van der Waals surface area contributed by atoms with E-state index in [0.717, 1.165) is 36.5 Å². The van der Waals surface area contributed by atoms with Crippen molar-refractivity contribution in [3.63, 3.8) is 0 Å². The number of hydrogen-bond donors (Lipinski definition) is 0. The lowest BCUT2D eigenvalue weighted by Gasteiger charge is -2.37. The van der Waals surface area contributed by atoms with E-state index in [1.807, 2.05) is 17.0 Å². The summed E-state index contributed by atoms with van der Waals surface area (Å²) in [4.78, 5) is 34.3. The fourth-order valence-corrected chi connectivity index (χ4v) is 5.68. The molecule has 2 amide bonds. The Bertz CT molecular complexity index is 1000. The summed E-state index contributed by atoms with van der Waals surface area (Å²) in [5.74, 6) is 0.848. The van der Waals surface area contributed by atoms with Crippen LogP contribution in [0.3, 0.4) is 0 Å². The molecule has 2 aromatic heterocycles. The second kappa shape index (κ2) is 8.22. The van der Waals surface area contributed by atoms with Gasteiger partial charge in [0.15, 0.2) is 5.76 Å². The van der Waals surface area contributed by atoms with Gasteiger partial charge in [0.2, 0.25) is 5.91 Å². The molecule has 0 N–H and O–H groups in total. The molecule has 2 fully saturated rings. The van der Waals surface area contributed by atoms with Gasteiger partial charge in [-0.15, -0.1) is 11.3 Å². The first-order valence-electron chi connectivity index (χ1n) is 10.7. The largest absolute Gasteiger partial charge is 0.459 e. The van der Waals surface area contributed by atoms with Crippen LogP contribution in [0.15, 0.2) is 47.1 Å². The number of benzene rings is 1. The Morgan fingerprint density at radius 3 is 2.60 bits per heavy atom. The van der Waals surface area contributed by atoms with Crippen molar-refractivity contribution in [3.05, 3.63) is 53.4 Å². The Hall–Kier alpha value is -2.67. The summed E-state index contributed by atoms with van der Waals surface area (Å²) in [6.45, 7) is 2.78. The number of likely N-dealkylation sites (tertiary alicyclic amines) is 2. The van der Waals surface area contributed by atoms with Crippen molar-refractivity contribution in [1.29, 1.82) is 0 Å². The highest BCUT2D eigenvalue weighted by molar-refractivity contribution is 7.18. The van der Waals surface area contributed by atoms with E-state index in [1.54, 1.807) is 28.4 Å². The van der Waals surface area contributed by atoms with Crippen LogP contribution < -0.4 is 0 Å². The maximum Gasteiger partial charge on any atom is 0.289 e. The molecule has 2 aliphatic rings. The molecule has 1 aromatic carbocycles. The molecule has 0 radical (unpaired) electrons. The number of nitrogens with zero attached hydrogens (tertiary/aromatic N) is 3. The van der Waals surface area contributed by atoms with E-state index in [4.69, 9.17) is 9.40 Å². The second-order valence-corrected chi connectivity index (χ2v) is 9.25. The summed E-state index contributed by atoms with van der Waals surface area (Å²) < 4.78 is 6.43. The molecule has 7 heteroatoms. The summed E-state index contributed by atoms with van der Waals surface area (Å²) in [7, 11) is 0. The maximum absolute atomic E-state index is 13.2. The zero-order chi connectivity index (χ0) is 20.5. The molecule has 3 aromatic rings. The van der Waals surface area contributed by atoms with Crippen molar-refractivity contribution in [3.8, 4) is 0 Å². The number of fused-ring (bicyclic) bond motifs is 1. The van der Waals surface area contributed by atoms with Crippen LogP contribution in [0.2, 0.25) is 0 Å². The Balaban J connectivity index is 1.20. The predicted molar refractivity (Wildman–Crippen MR) is 116 cm³/mol. The lowest BCUT2D eigenvalue weighted by molar-refractivity contribution is -0.138. The highest BCUT2D eigenvalue weighted by atomic mass is 32.1. The van der Waals surface area contributed by atoms with Gasteiger partial charge in [-0.05, 0) is 49.9 Å². The van der Waals surface area contributed by atoms with Gasteiger partial charge >= 0.3 is 0 Å². The first kappa shape index (κ1) is 19.3. The van der Waals surface area contributed by atoms with Crippen LogP contribution in [0.5, 0.6) is 0 Å². The number of thiazole rings is 1. The zero-order valence-electron chi connectivity index (χ0n) is 16.8. The maximum atomic E-state index is 13.2. The molecular formula is C23H25N3O3S. The molecule has 0 bridgehead atoms. The molecule has 30 heavy (non-hydrogen) atoms. The third kappa shape index (κ3) is 3.74. The van der Waals surface area contributed by atoms with Gasteiger partial charge in [0, 0.05) is 38.0 Å². The van der Waals surface area contributed by atoms with Gasteiger partial charge < -0.3 is 14.2 Å². The van der Waals surface area contributed by atoms with Crippen molar-refractivity contribution in [2.24, 2.45) is 5.92 Å². The molecule has 0 aliphatic carbocycles. The summed E-state index contributed by atoms with van der Waals surface area (Å²) in [5.41, 5.74) is 1.05. The minimum absolute atomic E-state index is 0.000215. The summed E-state index contributed by atoms with van der Waals surface area (Å²) in [5, 5.41) is 1.15. The Morgan fingerprint density at radius 2 is 1.83 bits per heavy atom. The number of aromatic nitrogens is 1. The van der Waals surface area contributed by atoms with Gasteiger partial charge in [0.25, 0.3) is 5.91 Å². The molecule has 0 spiro atoms. The standard InChI is InChI=1S/C23H25N3O3S/c27-22(16-9-12-25(13-10-16)23(28)19-7-4-14-29-19)26-11-3-5-17(15-26)21-24-18-6-1-2-8-20(18)30-21/h1-2,4,6-8,14,16-17H,3,5,9-13,15H2/t17-/m1/s1. The van der Waals surface area contributed by atoms with Crippen molar-refractivity contribution < 1.29 is 14.0 Å². The van der Waals surface area contributed by atoms with E-state index in [1.165, 1.54) is 11.0 Å². The lowest BCUT2D eigenvalue weighted by Crippen LogP contribution is -2.46.